The van der Waals surface area contributed by atoms with Gasteiger partial charge in [0.15, 0.2) is 9.84 Å². The van der Waals surface area contributed by atoms with Crippen molar-refractivity contribution in [3.05, 3.63) is 29.8 Å². The number of carbonyl (C=O) groups excluding carboxylic acids is 1. The van der Waals surface area contributed by atoms with E-state index in [1.54, 1.807) is 13.8 Å². The first-order chi connectivity index (χ1) is 12.9. The van der Waals surface area contributed by atoms with Gasteiger partial charge in [0.1, 0.15) is 17.6 Å². The van der Waals surface area contributed by atoms with Crippen molar-refractivity contribution in [2.24, 2.45) is 0 Å². The number of Topliss-reactive ketones (excluding diaryl/α,β-unsaturated/α-hetero) is 1. The zero-order valence-electron chi connectivity index (χ0n) is 16.5. The predicted molar refractivity (Wildman–Crippen MR) is 107 cm³/mol. The van der Waals surface area contributed by atoms with Crippen LogP contribution in [0.25, 0.3) is 0 Å². The topological polar surface area (TPSA) is 69.7 Å². The molecule has 1 aliphatic heterocycles. The highest BCUT2D eigenvalue weighted by Crippen LogP contribution is 2.19. The molecule has 0 aromatic heterocycles. The van der Waals surface area contributed by atoms with Crippen LogP contribution in [0.1, 0.15) is 57.9 Å². The van der Waals surface area contributed by atoms with E-state index in [1.807, 2.05) is 24.3 Å². The zero-order valence-corrected chi connectivity index (χ0v) is 17.3. The second-order valence-electron chi connectivity index (χ2n) is 7.52. The van der Waals surface area contributed by atoms with Crippen LogP contribution in [-0.4, -0.2) is 44.5 Å². The quantitative estimate of drug-likeness (QED) is 0.533. The van der Waals surface area contributed by atoms with E-state index in [0.717, 1.165) is 50.2 Å². The van der Waals surface area contributed by atoms with Crippen LogP contribution in [0.4, 0.5) is 0 Å². The summed E-state index contributed by atoms with van der Waals surface area (Å²) >= 11 is 0. The Kier molecular flexibility index (Phi) is 8.77. The van der Waals surface area contributed by atoms with Crippen LogP contribution in [0.5, 0.6) is 5.75 Å². The van der Waals surface area contributed by atoms with Gasteiger partial charge in [0.25, 0.3) is 0 Å². The molecular formula is C21H32O5S. The van der Waals surface area contributed by atoms with Crippen LogP contribution in [0.3, 0.4) is 0 Å². The van der Waals surface area contributed by atoms with E-state index in [1.165, 1.54) is 0 Å². The minimum absolute atomic E-state index is 0.194. The highest BCUT2D eigenvalue weighted by Gasteiger charge is 2.16. The van der Waals surface area contributed by atoms with Crippen molar-refractivity contribution >= 4 is 15.6 Å². The van der Waals surface area contributed by atoms with E-state index in [-0.39, 0.29) is 22.9 Å². The van der Waals surface area contributed by atoms with Crippen LogP contribution in [0.2, 0.25) is 0 Å². The fraction of sp³-hybridized carbons (Fsp3) is 0.667. The minimum Gasteiger partial charge on any atom is -0.490 e. The average molecular weight is 397 g/mol. The first-order valence-electron chi connectivity index (χ1n) is 9.93. The number of ketones is 1. The van der Waals surface area contributed by atoms with E-state index in [4.69, 9.17) is 9.47 Å². The third-order valence-corrected chi connectivity index (χ3v) is 7.19. The summed E-state index contributed by atoms with van der Waals surface area (Å²) in [6.45, 7) is 4.92. The molecule has 0 atom stereocenters. The van der Waals surface area contributed by atoms with Crippen LogP contribution in [-0.2, 0) is 25.8 Å². The molecule has 0 amide bonds. The molecule has 1 heterocycles. The SMILES string of the molecule is CC(C)S(=O)(=O)CCCCCC(=O)Cc1ccc(OC2CCOCC2)cc1. The Labute approximate surface area is 163 Å². The lowest BCUT2D eigenvalue weighted by Gasteiger charge is -2.23. The molecule has 0 unspecified atom stereocenters. The molecule has 1 saturated heterocycles. The molecule has 0 saturated carbocycles. The molecule has 6 heteroatoms. The standard InChI is InChI=1S/C21H32O5S/c1-17(2)27(23,24)15-5-3-4-6-19(22)16-18-7-9-20(10-8-18)26-21-11-13-25-14-12-21/h7-10,17,21H,3-6,11-16H2,1-2H3. The highest BCUT2D eigenvalue weighted by atomic mass is 32.2. The number of hydrogen-bond acceptors (Lipinski definition) is 5. The van der Waals surface area contributed by atoms with Gasteiger partial charge in [0, 0.05) is 25.7 Å². The summed E-state index contributed by atoms with van der Waals surface area (Å²) in [4.78, 5) is 12.1. The molecule has 2 rings (SSSR count). The Balaban J connectivity index is 1.65. The summed E-state index contributed by atoms with van der Waals surface area (Å²) in [5, 5.41) is -0.322. The van der Waals surface area contributed by atoms with Crippen molar-refractivity contribution in [2.45, 2.75) is 70.1 Å². The number of ether oxygens (including phenoxy) is 2. The maximum Gasteiger partial charge on any atom is 0.152 e. The van der Waals surface area contributed by atoms with Crippen molar-refractivity contribution in [2.75, 3.05) is 19.0 Å². The number of carbonyl (C=O) groups is 1. The maximum absolute atomic E-state index is 12.1. The lowest BCUT2D eigenvalue weighted by molar-refractivity contribution is -0.118. The van der Waals surface area contributed by atoms with Gasteiger partial charge in [-0.1, -0.05) is 18.6 Å². The molecule has 152 valence electrons. The number of rotatable bonds is 11. The first-order valence-corrected chi connectivity index (χ1v) is 11.6. The Morgan fingerprint density at radius 3 is 2.41 bits per heavy atom. The summed E-state index contributed by atoms with van der Waals surface area (Å²) in [5.41, 5.74) is 0.988. The van der Waals surface area contributed by atoms with E-state index in [0.29, 0.717) is 19.3 Å². The minimum atomic E-state index is -2.97. The smallest absolute Gasteiger partial charge is 0.152 e. The Bertz CT molecular complexity index is 673. The molecule has 1 aliphatic rings. The maximum atomic E-state index is 12.1. The molecular weight excluding hydrogens is 364 g/mol. The van der Waals surface area contributed by atoms with Crippen LogP contribution < -0.4 is 4.74 Å². The van der Waals surface area contributed by atoms with E-state index >= 15 is 0 Å². The predicted octanol–water partition coefficient (Wildman–Crippen LogP) is 3.74. The third kappa shape index (κ3) is 8.01. The Hall–Kier alpha value is -1.40. The van der Waals surface area contributed by atoms with Crippen molar-refractivity contribution in [1.29, 1.82) is 0 Å². The fourth-order valence-corrected chi connectivity index (χ4v) is 4.10. The molecule has 0 radical (unpaired) electrons. The lowest BCUT2D eigenvalue weighted by Crippen LogP contribution is -2.25. The van der Waals surface area contributed by atoms with Crippen LogP contribution >= 0.6 is 0 Å². The summed E-state index contributed by atoms with van der Waals surface area (Å²) in [6, 6.07) is 7.74. The summed E-state index contributed by atoms with van der Waals surface area (Å²) in [6.07, 6.45) is 5.12. The molecule has 1 aromatic rings. The van der Waals surface area contributed by atoms with Gasteiger partial charge in [-0.15, -0.1) is 0 Å². The number of benzene rings is 1. The Morgan fingerprint density at radius 2 is 1.78 bits per heavy atom. The highest BCUT2D eigenvalue weighted by molar-refractivity contribution is 7.91. The van der Waals surface area contributed by atoms with E-state index in [9.17, 15) is 13.2 Å². The van der Waals surface area contributed by atoms with Gasteiger partial charge in [-0.25, -0.2) is 8.42 Å². The van der Waals surface area contributed by atoms with Crippen molar-refractivity contribution in [3.8, 4) is 5.75 Å². The molecule has 27 heavy (non-hydrogen) atoms. The third-order valence-electron chi connectivity index (χ3n) is 4.90. The van der Waals surface area contributed by atoms with Crippen LogP contribution in [0, 0.1) is 0 Å². The number of sulfone groups is 1. The second-order valence-corrected chi connectivity index (χ2v) is 10.2. The van der Waals surface area contributed by atoms with Gasteiger partial charge in [0.05, 0.1) is 24.2 Å². The number of hydrogen-bond donors (Lipinski definition) is 0. The van der Waals surface area contributed by atoms with Gasteiger partial charge in [-0.2, -0.15) is 0 Å². The fourth-order valence-electron chi connectivity index (χ4n) is 3.03. The van der Waals surface area contributed by atoms with Gasteiger partial charge in [-0.05, 0) is 44.4 Å². The zero-order chi connectivity index (χ0) is 19.7. The van der Waals surface area contributed by atoms with Gasteiger partial charge < -0.3 is 9.47 Å². The van der Waals surface area contributed by atoms with Gasteiger partial charge >= 0.3 is 0 Å². The first kappa shape index (κ1) is 21.9. The largest absolute Gasteiger partial charge is 0.490 e. The summed E-state index contributed by atoms with van der Waals surface area (Å²) in [5.74, 6) is 1.25. The van der Waals surface area contributed by atoms with E-state index < -0.39 is 9.84 Å². The average Bonchev–Trinajstić information content (AvgIpc) is 2.64. The second kappa shape index (κ2) is 10.8. The summed E-state index contributed by atoms with van der Waals surface area (Å²) < 4.78 is 34.7. The number of unbranched alkanes of at least 4 members (excludes halogenated alkanes) is 2. The molecule has 0 aliphatic carbocycles. The molecule has 1 fully saturated rings. The molecule has 0 spiro atoms. The van der Waals surface area contributed by atoms with Crippen molar-refractivity contribution in [3.63, 3.8) is 0 Å². The molecule has 0 bridgehead atoms. The lowest BCUT2D eigenvalue weighted by atomic mass is 10.0. The normalized spacial score (nSPS) is 15.8. The van der Waals surface area contributed by atoms with Crippen molar-refractivity contribution in [1.82, 2.24) is 0 Å². The molecule has 0 N–H and O–H groups in total. The van der Waals surface area contributed by atoms with Crippen LogP contribution in [0.15, 0.2) is 24.3 Å². The summed E-state index contributed by atoms with van der Waals surface area (Å²) in [7, 11) is -2.97. The monoisotopic (exact) mass is 396 g/mol. The van der Waals surface area contributed by atoms with Gasteiger partial charge in [-0.3, -0.25) is 4.79 Å². The molecule has 5 nitrogen and oxygen atoms in total. The van der Waals surface area contributed by atoms with E-state index in [2.05, 4.69) is 0 Å². The van der Waals surface area contributed by atoms with Crippen molar-refractivity contribution < 1.29 is 22.7 Å². The molecule has 1 aromatic carbocycles. The van der Waals surface area contributed by atoms with Gasteiger partial charge in [0.2, 0.25) is 0 Å². The Morgan fingerprint density at radius 1 is 1.11 bits per heavy atom.